The van der Waals surface area contributed by atoms with Gasteiger partial charge in [0.05, 0.1) is 0 Å². The minimum Gasteiger partial charge on any atom is -0.306 e. The fourth-order valence-corrected chi connectivity index (χ4v) is 2.12. The second-order valence-electron chi connectivity index (χ2n) is 3.93. The van der Waals surface area contributed by atoms with Gasteiger partial charge in [-0.2, -0.15) is 0 Å². The van der Waals surface area contributed by atoms with Crippen LogP contribution in [0.2, 0.25) is 0 Å². The quantitative estimate of drug-likeness (QED) is 0.639. The first-order chi connectivity index (χ1) is 7.24. The van der Waals surface area contributed by atoms with Gasteiger partial charge < -0.3 is 4.90 Å². The summed E-state index contributed by atoms with van der Waals surface area (Å²) in [6, 6.07) is 8.35. The second-order valence-corrected chi connectivity index (χ2v) is 3.93. The Hall–Kier alpha value is -1.57. The fourth-order valence-electron chi connectivity index (χ4n) is 2.12. The van der Waals surface area contributed by atoms with Crippen molar-refractivity contribution in [1.82, 2.24) is 0 Å². The molecule has 0 aromatic heterocycles. The molecule has 0 bridgehead atoms. The molecular formula is C13H15NO. The van der Waals surface area contributed by atoms with Crippen molar-refractivity contribution in [2.75, 3.05) is 4.90 Å². The van der Waals surface area contributed by atoms with Crippen LogP contribution in [0.3, 0.4) is 0 Å². The van der Waals surface area contributed by atoms with Gasteiger partial charge in [-0.3, -0.25) is 4.79 Å². The molecule has 1 unspecified atom stereocenters. The fraction of sp³-hybridized carbons (Fsp3) is 0.308. The average Bonchev–Trinajstić information content (AvgIpc) is 2.28. The normalized spacial score (nSPS) is 19.5. The molecule has 2 nitrogen and oxygen atoms in total. The molecule has 0 radical (unpaired) electrons. The van der Waals surface area contributed by atoms with E-state index in [0.717, 1.165) is 18.5 Å². The van der Waals surface area contributed by atoms with Gasteiger partial charge in [-0.1, -0.05) is 24.8 Å². The maximum absolute atomic E-state index is 11.7. The van der Waals surface area contributed by atoms with Crippen molar-refractivity contribution in [2.24, 2.45) is 0 Å². The van der Waals surface area contributed by atoms with Crippen LogP contribution in [0.25, 0.3) is 0 Å². The Labute approximate surface area is 90.2 Å². The number of para-hydroxylation sites is 1. The number of benzene rings is 1. The number of fused-ring (bicyclic) bond motifs is 1. The third-order valence-electron chi connectivity index (χ3n) is 2.94. The highest BCUT2D eigenvalue weighted by Crippen LogP contribution is 2.30. The van der Waals surface area contributed by atoms with E-state index in [0.29, 0.717) is 0 Å². The lowest BCUT2D eigenvalue weighted by Crippen LogP contribution is -2.41. The van der Waals surface area contributed by atoms with Crippen molar-refractivity contribution in [3.63, 3.8) is 0 Å². The van der Waals surface area contributed by atoms with Crippen molar-refractivity contribution < 1.29 is 4.79 Å². The lowest BCUT2D eigenvalue weighted by atomic mass is 9.96. The molecule has 1 aromatic carbocycles. The summed E-state index contributed by atoms with van der Waals surface area (Å²) in [6.45, 7) is 5.63. The predicted molar refractivity (Wildman–Crippen MR) is 61.9 cm³/mol. The largest absolute Gasteiger partial charge is 0.306 e. The molecule has 1 aromatic rings. The Morgan fingerprint density at radius 1 is 1.53 bits per heavy atom. The van der Waals surface area contributed by atoms with Crippen molar-refractivity contribution in [3.8, 4) is 0 Å². The van der Waals surface area contributed by atoms with Gasteiger partial charge in [-0.15, -0.1) is 0 Å². The molecule has 78 valence electrons. The van der Waals surface area contributed by atoms with Gasteiger partial charge in [0.2, 0.25) is 0 Å². The Morgan fingerprint density at radius 2 is 2.27 bits per heavy atom. The number of amides is 1. The van der Waals surface area contributed by atoms with Gasteiger partial charge in [-0.25, -0.2) is 0 Å². The average molecular weight is 201 g/mol. The van der Waals surface area contributed by atoms with Gasteiger partial charge in [0.25, 0.3) is 5.91 Å². The first-order valence-corrected chi connectivity index (χ1v) is 5.27. The van der Waals surface area contributed by atoms with E-state index >= 15 is 0 Å². The second kappa shape index (κ2) is 3.89. The SMILES string of the molecule is C=CC(=O)N1c2ccccc2CCC1C. The summed E-state index contributed by atoms with van der Waals surface area (Å²) in [4.78, 5) is 13.6. The summed E-state index contributed by atoms with van der Waals surface area (Å²) in [6.07, 6.45) is 3.47. The van der Waals surface area contributed by atoms with Gasteiger partial charge in [-0.05, 0) is 37.5 Å². The van der Waals surface area contributed by atoms with Crippen molar-refractivity contribution in [3.05, 3.63) is 42.5 Å². The van der Waals surface area contributed by atoms with Crippen molar-refractivity contribution in [1.29, 1.82) is 0 Å². The minimum atomic E-state index is -0.00495. The summed E-state index contributed by atoms with van der Waals surface area (Å²) in [5.74, 6) is -0.00495. The number of carbonyl (C=O) groups excluding carboxylic acids is 1. The lowest BCUT2D eigenvalue weighted by molar-refractivity contribution is -0.114. The van der Waals surface area contributed by atoms with Crippen LogP contribution < -0.4 is 4.90 Å². The van der Waals surface area contributed by atoms with Gasteiger partial charge in [0.1, 0.15) is 0 Å². The molecule has 1 atom stereocenters. The molecule has 0 N–H and O–H groups in total. The molecule has 0 fully saturated rings. The number of hydrogen-bond donors (Lipinski definition) is 0. The van der Waals surface area contributed by atoms with Gasteiger partial charge >= 0.3 is 0 Å². The first kappa shape index (κ1) is 9.97. The van der Waals surface area contributed by atoms with Gasteiger partial charge in [0, 0.05) is 11.7 Å². The van der Waals surface area contributed by atoms with Crippen LogP contribution in [0.4, 0.5) is 5.69 Å². The van der Waals surface area contributed by atoms with Crippen LogP contribution in [0.1, 0.15) is 18.9 Å². The molecule has 2 rings (SSSR count). The molecular weight excluding hydrogens is 186 g/mol. The van der Waals surface area contributed by atoms with Crippen LogP contribution in [-0.2, 0) is 11.2 Å². The Balaban J connectivity index is 2.45. The Morgan fingerprint density at radius 3 is 3.00 bits per heavy atom. The maximum atomic E-state index is 11.7. The summed E-state index contributed by atoms with van der Waals surface area (Å²) in [5.41, 5.74) is 2.30. The van der Waals surface area contributed by atoms with Crippen LogP contribution in [0, 0.1) is 0 Å². The van der Waals surface area contributed by atoms with E-state index in [1.165, 1.54) is 11.6 Å². The number of nitrogens with zero attached hydrogens (tertiary/aromatic N) is 1. The van der Waals surface area contributed by atoms with E-state index in [2.05, 4.69) is 19.6 Å². The molecule has 15 heavy (non-hydrogen) atoms. The minimum absolute atomic E-state index is 0.00495. The maximum Gasteiger partial charge on any atom is 0.250 e. The van der Waals surface area contributed by atoms with Crippen LogP contribution in [0.15, 0.2) is 36.9 Å². The van der Waals surface area contributed by atoms with Crippen molar-refractivity contribution in [2.45, 2.75) is 25.8 Å². The number of anilines is 1. The topological polar surface area (TPSA) is 20.3 Å². The van der Waals surface area contributed by atoms with Gasteiger partial charge in [0.15, 0.2) is 0 Å². The number of carbonyl (C=O) groups is 1. The molecule has 0 saturated heterocycles. The highest BCUT2D eigenvalue weighted by molar-refractivity contribution is 6.02. The molecule has 2 heteroatoms. The smallest absolute Gasteiger partial charge is 0.250 e. The molecule has 1 heterocycles. The van der Waals surface area contributed by atoms with E-state index in [-0.39, 0.29) is 11.9 Å². The van der Waals surface area contributed by atoms with E-state index in [1.54, 1.807) is 0 Å². The zero-order chi connectivity index (χ0) is 10.8. The third-order valence-corrected chi connectivity index (χ3v) is 2.94. The molecule has 0 spiro atoms. The summed E-state index contributed by atoms with van der Waals surface area (Å²) in [7, 11) is 0. The van der Waals surface area contributed by atoms with E-state index in [9.17, 15) is 4.79 Å². The predicted octanol–water partition coefficient (Wildman–Crippen LogP) is 2.54. The summed E-state index contributed by atoms with van der Waals surface area (Å²) in [5, 5.41) is 0. The summed E-state index contributed by atoms with van der Waals surface area (Å²) >= 11 is 0. The molecule has 0 aliphatic carbocycles. The molecule has 1 aliphatic rings. The highest BCUT2D eigenvalue weighted by atomic mass is 16.2. The highest BCUT2D eigenvalue weighted by Gasteiger charge is 2.25. The zero-order valence-corrected chi connectivity index (χ0v) is 8.94. The monoisotopic (exact) mass is 201 g/mol. The van der Waals surface area contributed by atoms with Crippen LogP contribution in [0.5, 0.6) is 0 Å². The first-order valence-electron chi connectivity index (χ1n) is 5.27. The molecule has 1 aliphatic heterocycles. The zero-order valence-electron chi connectivity index (χ0n) is 8.94. The third kappa shape index (κ3) is 1.67. The number of hydrogen-bond acceptors (Lipinski definition) is 1. The van der Waals surface area contributed by atoms with E-state index < -0.39 is 0 Å². The standard InChI is InChI=1S/C13H15NO/c1-3-13(15)14-10(2)8-9-11-6-4-5-7-12(11)14/h3-7,10H,1,8-9H2,2H3. The van der Waals surface area contributed by atoms with E-state index in [1.807, 2.05) is 23.1 Å². The number of aryl methyl sites for hydroxylation is 1. The van der Waals surface area contributed by atoms with E-state index in [4.69, 9.17) is 0 Å². The lowest BCUT2D eigenvalue weighted by Gasteiger charge is -2.34. The summed E-state index contributed by atoms with van der Waals surface area (Å²) < 4.78 is 0. The Bertz CT molecular complexity index is 397. The van der Waals surface area contributed by atoms with Crippen molar-refractivity contribution >= 4 is 11.6 Å². The van der Waals surface area contributed by atoms with Crippen LogP contribution in [-0.4, -0.2) is 11.9 Å². The molecule has 0 saturated carbocycles. The molecule has 1 amide bonds. The Kier molecular flexibility index (Phi) is 2.58. The van der Waals surface area contributed by atoms with Crippen LogP contribution >= 0.6 is 0 Å². The number of rotatable bonds is 1.